The van der Waals surface area contributed by atoms with Crippen LogP contribution in [0.3, 0.4) is 0 Å². The van der Waals surface area contributed by atoms with Crippen LogP contribution in [-0.4, -0.2) is 18.0 Å². The summed E-state index contributed by atoms with van der Waals surface area (Å²) in [6.45, 7) is -0.0608. The van der Waals surface area contributed by atoms with E-state index >= 15 is 0 Å². The molecule has 1 aliphatic rings. The van der Waals surface area contributed by atoms with Crippen molar-refractivity contribution in [2.45, 2.75) is 25.4 Å². The Morgan fingerprint density at radius 3 is 2.34 bits per heavy atom. The number of thiazole rings is 1. The third kappa shape index (κ3) is 4.74. The smallest absolute Gasteiger partial charge is 0.254 e. The van der Waals surface area contributed by atoms with E-state index in [2.05, 4.69) is 24.3 Å². The van der Waals surface area contributed by atoms with Gasteiger partial charge in [-0.2, -0.15) is 0 Å². The molecule has 1 saturated carbocycles. The number of amides is 1. The van der Waals surface area contributed by atoms with Crippen LogP contribution in [0.15, 0.2) is 60.7 Å². The zero-order chi connectivity index (χ0) is 24.5. The van der Waals surface area contributed by atoms with Gasteiger partial charge in [-0.1, -0.05) is 24.3 Å². The minimum atomic E-state index is -1.20. The number of rotatable bonds is 8. The summed E-state index contributed by atoms with van der Waals surface area (Å²) in [5, 5.41) is 0.599. The number of primary amides is 1. The van der Waals surface area contributed by atoms with Crippen LogP contribution in [-0.2, 0) is 6.61 Å². The number of aromatic nitrogens is 1. The van der Waals surface area contributed by atoms with Crippen molar-refractivity contribution in [1.29, 1.82) is 0 Å². The van der Waals surface area contributed by atoms with Crippen LogP contribution in [0.1, 0.15) is 39.7 Å². The minimum absolute atomic E-state index is 0.0608. The van der Waals surface area contributed by atoms with Crippen LogP contribution < -0.4 is 15.2 Å². The minimum Gasteiger partial charge on any atom is -0.497 e. The Balaban J connectivity index is 1.47. The van der Waals surface area contributed by atoms with E-state index < -0.39 is 23.1 Å². The first-order valence-corrected chi connectivity index (χ1v) is 11.9. The second kappa shape index (κ2) is 9.46. The molecule has 5 rings (SSSR count). The number of ether oxygens (including phenoxy) is 2. The maximum Gasteiger partial charge on any atom is 0.254 e. The molecule has 0 unspecified atom stereocenters. The molecule has 35 heavy (non-hydrogen) atoms. The van der Waals surface area contributed by atoms with Crippen LogP contribution in [0.2, 0.25) is 0 Å². The molecule has 0 atom stereocenters. The summed E-state index contributed by atoms with van der Waals surface area (Å²) in [6, 6.07) is 18.2. The standard InChI is InChI=1S/C27H22F2N2O3S/c1-33-19-10-8-17(9-11-19)25-26(18-6-4-16(5-7-18)15-2-3-15)35-22(31-25)14-34-21-13-12-20(28)23(24(21)29)27(30)32/h4-13,15H,2-3,14H2,1H3,(H2,30,32). The van der Waals surface area contributed by atoms with E-state index in [1.807, 2.05) is 24.3 Å². The molecule has 2 N–H and O–H groups in total. The zero-order valence-corrected chi connectivity index (χ0v) is 19.7. The van der Waals surface area contributed by atoms with Crippen LogP contribution in [0.5, 0.6) is 11.5 Å². The van der Waals surface area contributed by atoms with Gasteiger partial charge in [0.2, 0.25) is 0 Å². The Bertz CT molecular complexity index is 1380. The first kappa shape index (κ1) is 23.0. The highest BCUT2D eigenvalue weighted by Gasteiger charge is 2.24. The molecule has 0 saturated heterocycles. The number of nitrogens with two attached hydrogens (primary N) is 1. The summed E-state index contributed by atoms with van der Waals surface area (Å²) in [6.07, 6.45) is 2.46. The molecule has 178 valence electrons. The Hall–Kier alpha value is -3.78. The van der Waals surface area contributed by atoms with Crippen molar-refractivity contribution in [3.63, 3.8) is 0 Å². The van der Waals surface area contributed by atoms with E-state index in [1.165, 1.54) is 29.7 Å². The first-order chi connectivity index (χ1) is 16.9. The Kier molecular flexibility index (Phi) is 6.21. The van der Waals surface area contributed by atoms with Gasteiger partial charge in [0.15, 0.2) is 11.6 Å². The van der Waals surface area contributed by atoms with Gasteiger partial charge in [-0.15, -0.1) is 11.3 Å². The number of methoxy groups -OCH3 is 1. The van der Waals surface area contributed by atoms with Gasteiger partial charge in [0.05, 0.1) is 17.7 Å². The van der Waals surface area contributed by atoms with Gasteiger partial charge in [0.25, 0.3) is 5.91 Å². The Labute approximate surface area is 205 Å². The molecule has 0 spiro atoms. The van der Waals surface area contributed by atoms with Crippen molar-refractivity contribution in [3.05, 3.63) is 88.4 Å². The first-order valence-electron chi connectivity index (χ1n) is 11.1. The molecule has 1 aromatic heterocycles. The number of nitrogens with zero attached hydrogens (tertiary/aromatic N) is 1. The highest BCUT2D eigenvalue weighted by atomic mass is 32.1. The Morgan fingerprint density at radius 2 is 1.71 bits per heavy atom. The zero-order valence-electron chi connectivity index (χ0n) is 18.9. The summed E-state index contributed by atoms with van der Waals surface area (Å²) >= 11 is 1.43. The van der Waals surface area contributed by atoms with Crippen molar-refractivity contribution in [2.24, 2.45) is 5.73 Å². The fourth-order valence-corrected chi connectivity index (χ4v) is 4.90. The van der Waals surface area contributed by atoms with Crippen molar-refractivity contribution < 1.29 is 23.0 Å². The van der Waals surface area contributed by atoms with Crippen LogP contribution in [0.4, 0.5) is 8.78 Å². The SMILES string of the molecule is COc1ccc(-c2nc(COc3ccc(F)c(C(N)=O)c3F)sc2-c2ccc(C3CC3)cc2)cc1. The lowest BCUT2D eigenvalue weighted by Gasteiger charge is -2.08. The number of carbonyl (C=O) groups excluding carboxylic acids is 1. The molecule has 5 nitrogen and oxygen atoms in total. The monoisotopic (exact) mass is 492 g/mol. The van der Waals surface area contributed by atoms with Gasteiger partial charge in [0, 0.05) is 5.56 Å². The highest BCUT2D eigenvalue weighted by Crippen LogP contribution is 2.42. The van der Waals surface area contributed by atoms with Crippen molar-refractivity contribution in [1.82, 2.24) is 4.98 Å². The van der Waals surface area contributed by atoms with E-state index in [-0.39, 0.29) is 12.4 Å². The number of benzene rings is 3. The third-order valence-corrected chi connectivity index (χ3v) is 6.99. The lowest BCUT2D eigenvalue weighted by molar-refractivity contribution is 0.0991. The highest BCUT2D eigenvalue weighted by molar-refractivity contribution is 7.15. The second-order valence-electron chi connectivity index (χ2n) is 8.30. The third-order valence-electron chi connectivity index (χ3n) is 5.91. The molecular formula is C27H22F2N2O3S. The molecule has 1 heterocycles. The van der Waals surface area contributed by atoms with E-state index in [1.54, 1.807) is 7.11 Å². The molecule has 4 aromatic rings. The Morgan fingerprint density at radius 1 is 1.03 bits per heavy atom. The summed E-state index contributed by atoms with van der Waals surface area (Å²) in [7, 11) is 1.61. The number of halogens is 2. The molecule has 1 fully saturated rings. The predicted octanol–water partition coefficient (Wildman–Crippen LogP) is 6.32. The molecule has 3 aromatic carbocycles. The summed E-state index contributed by atoms with van der Waals surface area (Å²) < 4.78 is 39.2. The molecule has 0 radical (unpaired) electrons. The molecule has 0 bridgehead atoms. The summed E-state index contributed by atoms with van der Waals surface area (Å²) in [4.78, 5) is 17.1. The second-order valence-corrected chi connectivity index (χ2v) is 9.38. The van der Waals surface area contributed by atoms with E-state index in [0.717, 1.165) is 39.6 Å². The van der Waals surface area contributed by atoms with Gasteiger partial charge < -0.3 is 15.2 Å². The maximum atomic E-state index is 14.6. The molecule has 8 heteroatoms. The lowest BCUT2D eigenvalue weighted by atomic mass is 10.0. The number of carbonyl (C=O) groups is 1. The van der Waals surface area contributed by atoms with E-state index in [4.69, 9.17) is 20.2 Å². The van der Waals surface area contributed by atoms with Gasteiger partial charge in [0.1, 0.15) is 28.7 Å². The fraction of sp³-hybridized carbons (Fsp3) is 0.185. The maximum absolute atomic E-state index is 14.6. The van der Waals surface area contributed by atoms with Crippen molar-refractivity contribution in [3.8, 4) is 33.2 Å². The topological polar surface area (TPSA) is 74.4 Å². The van der Waals surface area contributed by atoms with Gasteiger partial charge >= 0.3 is 0 Å². The average molecular weight is 493 g/mol. The fourth-order valence-electron chi connectivity index (χ4n) is 3.90. The van der Waals surface area contributed by atoms with Gasteiger partial charge in [-0.3, -0.25) is 4.79 Å². The quantitative estimate of drug-likeness (QED) is 0.312. The van der Waals surface area contributed by atoms with Crippen LogP contribution in [0.25, 0.3) is 21.7 Å². The van der Waals surface area contributed by atoms with Crippen molar-refractivity contribution >= 4 is 17.2 Å². The normalized spacial score (nSPS) is 13.0. The molecular weight excluding hydrogens is 470 g/mol. The van der Waals surface area contributed by atoms with Crippen molar-refractivity contribution in [2.75, 3.05) is 7.11 Å². The molecule has 1 aliphatic carbocycles. The summed E-state index contributed by atoms with van der Waals surface area (Å²) in [5.41, 5.74) is 8.31. The van der Waals surface area contributed by atoms with E-state index in [0.29, 0.717) is 10.9 Å². The molecule has 0 aliphatic heterocycles. The largest absolute Gasteiger partial charge is 0.497 e. The van der Waals surface area contributed by atoms with Crippen LogP contribution in [0, 0.1) is 11.6 Å². The lowest BCUT2D eigenvalue weighted by Crippen LogP contribution is -2.16. The molecule has 1 amide bonds. The van der Waals surface area contributed by atoms with E-state index in [9.17, 15) is 13.6 Å². The summed E-state index contributed by atoms with van der Waals surface area (Å²) in [5.74, 6) is -2.22. The van der Waals surface area contributed by atoms with Gasteiger partial charge in [-0.05, 0) is 66.3 Å². The van der Waals surface area contributed by atoms with Crippen LogP contribution >= 0.6 is 11.3 Å². The predicted molar refractivity (Wildman–Crippen MR) is 131 cm³/mol. The van der Waals surface area contributed by atoms with Gasteiger partial charge in [-0.25, -0.2) is 13.8 Å². The average Bonchev–Trinajstić information content (AvgIpc) is 3.63. The number of hydrogen-bond acceptors (Lipinski definition) is 5. The number of hydrogen-bond donors (Lipinski definition) is 1.